The predicted octanol–water partition coefficient (Wildman–Crippen LogP) is 2.31. The van der Waals surface area contributed by atoms with Gasteiger partial charge in [0.15, 0.2) is 5.82 Å². The van der Waals surface area contributed by atoms with Crippen molar-refractivity contribution in [3.63, 3.8) is 0 Å². The third-order valence-electron chi connectivity index (χ3n) is 2.91. The van der Waals surface area contributed by atoms with Crippen LogP contribution in [0.15, 0.2) is 16.7 Å². The second-order valence-corrected chi connectivity index (χ2v) is 4.33. The van der Waals surface area contributed by atoms with Gasteiger partial charge in [0.1, 0.15) is 6.42 Å². The quantitative estimate of drug-likeness (QED) is 0.857. The first kappa shape index (κ1) is 13.6. The molecule has 0 amide bonds. The highest BCUT2D eigenvalue weighted by atomic mass is 19.4. The molecule has 1 aliphatic carbocycles. The number of allylic oxidation sites excluding steroid dienone is 2. The van der Waals surface area contributed by atoms with Gasteiger partial charge in [-0.25, -0.2) is 0 Å². The number of hydrogen-bond donors (Lipinski definition) is 1. The molecule has 1 aliphatic rings. The minimum atomic E-state index is -4.42. The topological polar surface area (TPSA) is 76.2 Å². The van der Waals surface area contributed by atoms with Crippen LogP contribution in [0.5, 0.6) is 0 Å². The van der Waals surface area contributed by atoms with E-state index in [0.717, 1.165) is 0 Å². The Kier molecular flexibility index (Phi) is 3.59. The van der Waals surface area contributed by atoms with Gasteiger partial charge in [0.25, 0.3) is 0 Å². The van der Waals surface area contributed by atoms with Crippen molar-refractivity contribution in [2.24, 2.45) is 5.92 Å². The van der Waals surface area contributed by atoms with Crippen molar-refractivity contribution in [1.82, 2.24) is 10.1 Å². The van der Waals surface area contributed by atoms with Crippen LogP contribution < -0.4 is 0 Å². The Morgan fingerprint density at radius 3 is 2.74 bits per heavy atom. The molecule has 0 unspecified atom stereocenters. The van der Waals surface area contributed by atoms with Crippen LogP contribution in [-0.2, 0) is 11.2 Å². The summed E-state index contributed by atoms with van der Waals surface area (Å²) in [6.45, 7) is 0. The van der Waals surface area contributed by atoms with Crippen molar-refractivity contribution < 1.29 is 27.6 Å². The second kappa shape index (κ2) is 5.02. The van der Waals surface area contributed by atoms with E-state index >= 15 is 0 Å². The molecule has 2 rings (SSSR count). The highest BCUT2D eigenvalue weighted by Gasteiger charge is 2.35. The summed E-state index contributed by atoms with van der Waals surface area (Å²) in [5.74, 6) is -2.86. The molecule has 0 aliphatic heterocycles. The molecular formula is C11H11F3N2O3. The summed E-state index contributed by atoms with van der Waals surface area (Å²) in [5, 5.41) is 12.3. The van der Waals surface area contributed by atoms with Gasteiger partial charge < -0.3 is 9.63 Å². The monoisotopic (exact) mass is 276 g/mol. The van der Waals surface area contributed by atoms with E-state index in [9.17, 15) is 18.0 Å². The van der Waals surface area contributed by atoms with Gasteiger partial charge in [0.2, 0.25) is 5.89 Å². The van der Waals surface area contributed by atoms with Crippen molar-refractivity contribution >= 4 is 5.97 Å². The average Bonchev–Trinajstić information content (AvgIpc) is 2.75. The molecule has 1 heterocycles. The number of carbonyl (C=O) groups is 1. The van der Waals surface area contributed by atoms with E-state index in [-0.39, 0.29) is 5.89 Å². The van der Waals surface area contributed by atoms with Gasteiger partial charge in [0, 0.05) is 0 Å². The lowest BCUT2D eigenvalue weighted by Gasteiger charge is -2.21. The third kappa shape index (κ3) is 3.33. The van der Waals surface area contributed by atoms with Gasteiger partial charge in [-0.05, 0) is 12.8 Å². The van der Waals surface area contributed by atoms with Gasteiger partial charge in [-0.15, -0.1) is 0 Å². The second-order valence-electron chi connectivity index (χ2n) is 4.33. The lowest BCUT2D eigenvalue weighted by Crippen LogP contribution is -2.23. The van der Waals surface area contributed by atoms with Crippen molar-refractivity contribution in [3.8, 4) is 0 Å². The Morgan fingerprint density at radius 1 is 1.42 bits per heavy atom. The summed E-state index contributed by atoms with van der Waals surface area (Å²) in [6, 6.07) is 0. The molecule has 1 N–H and O–H groups in total. The van der Waals surface area contributed by atoms with E-state index in [4.69, 9.17) is 9.63 Å². The summed E-state index contributed by atoms with van der Waals surface area (Å²) in [5.41, 5.74) is 0. The number of rotatable bonds is 3. The highest BCUT2D eigenvalue weighted by molar-refractivity contribution is 5.71. The van der Waals surface area contributed by atoms with Gasteiger partial charge in [-0.3, -0.25) is 4.79 Å². The fourth-order valence-electron chi connectivity index (χ4n) is 2.03. The minimum absolute atomic E-state index is 0.0454. The summed E-state index contributed by atoms with van der Waals surface area (Å²) >= 11 is 0. The minimum Gasteiger partial charge on any atom is -0.481 e. The number of halogens is 3. The van der Waals surface area contributed by atoms with Crippen molar-refractivity contribution in [1.29, 1.82) is 0 Å². The molecule has 0 fully saturated rings. The Morgan fingerprint density at radius 2 is 2.11 bits per heavy atom. The molecule has 1 aromatic rings. The summed E-state index contributed by atoms with van der Waals surface area (Å²) in [6.07, 6.45) is -1.54. The average molecular weight is 276 g/mol. The summed E-state index contributed by atoms with van der Waals surface area (Å²) < 4.78 is 41.3. The van der Waals surface area contributed by atoms with Crippen molar-refractivity contribution in [3.05, 3.63) is 23.9 Å². The van der Waals surface area contributed by atoms with E-state index < -0.39 is 36.2 Å². The van der Waals surface area contributed by atoms with E-state index in [1.807, 2.05) is 0 Å². The van der Waals surface area contributed by atoms with Gasteiger partial charge >= 0.3 is 12.1 Å². The van der Waals surface area contributed by atoms with Crippen LogP contribution in [0.1, 0.15) is 30.5 Å². The van der Waals surface area contributed by atoms with E-state index in [2.05, 4.69) is 10.1 Å². The number of aliphatic carboxylic acids is 1. The SMILES string of the molecule is O=C(O)[C@H]1CC=CC[C@H]1c1nc(CC(F)(F)F)no1. The summed E-state index contributed by atoms with van der Waals surface area (Å²) in [4.78, 5) is 14.7. The van der Waals surface area contributed by atoms with Gasteiger partial charge in [-0.2, -0.15) is 18.2 Å². The standard InChI is InChI=1S/C11H11F3N2O3/c12-11(13,14)5-8-15-9(19-16-8)6-3-1-2-4-7(6)10(17)18/h1-2,6-7H,3-5H2,(H,17,18)/t6-,7+/m1/s1. The lowest BCUT2D eigenvalue weighted by molar-refractivity contribution is -0.142. The zero-order valence-electron chi connectivity index (χ0n) is 9.72. The predicted molar refractivity (Wildman–Crippen MR) is 56.3 cm³/mol. The maximum Gasteiger partial charge on any atom is 0.396 e. The molecular weight excluding hydrogens is 265 g/mol. The largest absolute Gasteiger partial charge is 0.481 e. The molecule has 2 atom stereocenters. The Bertz CT molecular complexity index is 496. The van der Waals surface area contributed by atoms with E-state index in [1.54, 1.807) is 12.2 Å². The maximum absolute atomic E-state index is 12.2. The molecule has 19 heavy (non-hydrogen) atoms. The van der Waals surface area contributed by atoms with E-state index in [1.165, 1.54) is 0 Å². The third-order valence-corrected chi connectivity index (χ3v) is 2.91. The van der Waals surface area contributed by atoms with Crippen LogP contribution in [0.4, 0.5) is 13.2 Å². The number of aromatic nitrogens is 2. The van der Waals surface area contributed by atoms with Crippen LogP contribution in [0.3, 0.4) is 0 Å². The number of nitrogens with zero attached hydrogens (tertiary/aromatic N) is 2. The van der Waals surface area contributed by atoms with Gasteiger partial charge in [-0.1, -0.05) is 17.3 Å². The normalized spacial score (nSPS) is 23.5. The first-order valence-electron chi connectivity index (χ1n) is 5.64. The van der Waals surface area contributed by atoms with Gasteiger partial charge in [0.05, 0.1) is 11.8 Å². The molecule has 1 aromatic heterocycles. The van der Waals surface area contributed by atoms with Crippen LogP contribution in [0.2, 0.25) is 0 Å². The van der Waals surface area contributed by atoms with Crippen LogP contribution in [-0.4, -0.2) is 27.4 Å². The molecule has 5 nitrogen and oxygen atoms in total. The molecule has 0 saturated carbocycles. The van der Waals surface area contributed by atoms with Crippen molar-refractivity contribution in [2.45, 2.75) is 31.4 Å². The molecule has 0 radical (unpaired) electrons. The van der Waals surface area contributed by atoms with E-state index in [0.29, 0.717) is 12.8 Å². The number of alkyl halides is 3. The van der Waals surface area contributed by atoms with Crippen LogP contribution >= 0.6 is 0 Å². The fourth-order valence-corrected chi connectivity index (χ4v) is 2.03. The van der Waals surface area contributed by atoms with Crippen LogP contribution in [0.25, 0.3) is 0 Å². The number of hydrogen-bond acceptors (Lipinski definition) is 4. The number of carboxylic acids is 1. The molecule has 0 bridgehead atoms. The zero-order chi connectivity index (χ0) is 14.0. The first-order chi connectivity index (χ1) is 8.87. The lowest BCUT2D eigenvalue weighted by atomic mass is 9.83. The molecule has 0 spiro atoms. The Hall–Kier alpha value is -1.86. The maximum atomic E-state index is 12.2. The molecule has 0 aromatic carbocycles. The summed E-state index contributed by atoms with van der Waals surface area (Å²) in [7, 11) is 0. The smallest absolute Gasteiger partial charge is 0.396 e. The Labute approximate surface area is 106 Å². The zero-order valence-corrected chi connectivity index (χ0v) is 9.72. The molecule has 0 saturated heterocycles. The highest BCUT2D eigenvalue weighted by Crippen LogP contribution is 2.34. The van der Waals surface area contributed by atoms with Crippen molar-refractivity contribution in [2.75, 3.05) is 0 Å². The first-order valence-corrected chi connectivity index (χ1v) is 5.64. The molecule has 8 heteroatoms. The van der Waals surface area contributed by atoms with Crippen LogP contribution in [0, 0.1) is 5.92 Å². The molecule has 104 valence electrons. The Balaban J connectivity index is 2.17. The fraction of sp³-hybridized carbons (Fsp3) is 0.545. The number of carboxylic acid groups (broad SMARTS) is 1.